The number of carbonyl (C=O) groups is 1. The molecule has 0 spiro atoms. The minimum atomic E-state index is -0.872. The maximum absolute atomic E-state index is 11.2. The largest absolute Gasteiger partial charge is 0.465 e. The summed E-state index contributed by atoms with van der Waals surface area (Å²) in [5, 5.41) is 9.83. The average Bonchev–Trinajstić information content (AvgIpc) is 2.48. The Balaban J connectivity index is 2.17. The first kappa shape index (κ1) is 16.1. The minimum Gasteiger partial charge on any atom is -0.465 e. The van der Waals surface area contributed by atoms with Crippen molar-refractivity contribution in [2.75, 3.05) is 26.2 Å². The van der Waals surface area contributed by atoms with Gasteiger partial charge in [-0.3, -0.25) is 0 Å². The van der Waals surface area contributed by atoms with E-state index < -0.39 is 6.09 Å². The van der Waals surface area contributed by atoms with Gasteiger partial charge in [0.2, 0.25) is 0 Å². The number of rotatable bonds is 5. The molecule has 2 unspecified atom stereocenters. The monoisotopic (exact) mass is 312 g/mol. The predicted octanol–water partition coefficient (Wildman–Crippen LogP) is 2.75. The molecule has 0 radical (unpaired) electrons. The predicted molar refractivity (Wildman–Crippen MR) is 81.5 cm³/mol. The Kier molecular flexibility index (Phi) is 5.85. The van der Waals surface area contributed by atoms with E-state index in [2.05, 4.69) is 0 Å². The van der Waals surface area contributed by atoms with Crippen LogP contribution in [-0.2, 0) is 4.74 Å². The number of hydrogen-bond donors (Lipinski definition) is 2. The summed E-state index contributed by atoms with van der Waals surface area (Å²) >= 11 is 6.06. The third-order valence-corrected chi connectivity index (χ3v) is 3.98. The van der Waals surface area contributed by atoms with Gasteiger partial charge in [-0.25, -0.2) is 4.79 Å². The second kappa shape index (κ2) is 7.64. The summed E-state index contributed by atoms with van der Waals surface area (Å²) in [6.45, 7) is 1.95. The molecule has 21 heavy (non-hydrogen) atoms. The summed E-state index contributed by atoms with van der Waals surface area (Å²) in [5.74, 6) is 0.125. The molecule has 1 heterocycles. The number of likely N-dealkylation sites (tertiary alicyclic amines) is 1. The first-order valence-corrected chi connectivity index (χ1v) is 7.54. The number of amides is 1. The Morgan fingerprint density at radius 2 is 2.38 bits per heavy atom. The zero-order valence-corrected chi connectivity index (χ0v) is 12.6. The number of halogens is 1. The van der Waals surface area contributed by atoms with Gasteiger partial charge in [0.05, 0.1) is 12.7 Å². The SMILES string of the molecule is NCCOC(c1cccc(Cl)c1)C1CCCN(C(=O)O)C1. The van der Waals surface area contributed by atoms with Crippen LogP contribution < -0.4 is 5.73 Å². The Hall–Kier alpha value is -1.30. The number of hydrogen-bond acceptors (Lipinski definition) is 3. The van der Waals surface area contributed by atoms with Crippen molar-refractivity contribution < 1.29 is 14.6 Å². The highest BCUT2D eigenvalue weighted by molar-refractivity contribution is 6.30. The first-order chi connectivity index (χ1) is 10.1. The van der Waals surface area contributed by atoms with E-state index in [1.165, 1.54) is 4.90 Å². The molecule has 0 bridgehead atoms. The first-order valence-electron chi connectivity index (χ1n) is 7.17. The second-order valence-corrected chi connectivity index (χ2v) is 5.70. The number of ether oxygens (including phenoxy) is 1. The lowest BCUT2D eigenvalue weighted by atomic mass is 9.88. The zero-order valence-electron chi connectivity index (χ0n) is 11.9. The van der Waals surface area contributed by atoms with Gasteiger partial charge < -0.3 is 20.5 Å². The van der Waals surface area contributed by atoms with E-state index >= 15 is 0 Å². The van der Waals surface area contributed by atoms with Crippen LogP contribution in [0.5, 0.6) is 0 Å². The van der Waals surface area contributed by atoms with E-state index in [4.69, 9.17) is 22.1 Å². The van der Waals surface area contributed by atoms with Crippen LogP contribution in [-0.4, -0.2) is 42.3 Å². The van der Waals surface area contributed by atoms with E-state index in [-0.39, 0.29) is 12.0 Å². The molecular weight excluding hydrogens is 292 g/mol. The van der Waals surface area contributed by atoms with Gasteiger partial charge in [-0.05, 0) is 30.5 Å². The molecule has 0 aliphatic carbocycles. The summed E-state index contributed by atoms with van der Waals surface area (Å²) in [4.78, 5) is 12.6. The van der Waals surface area contributed by atoms with Crippen LogP contribution in [0.1, 0.15) is 24.5 Å². The maximum Gasteiger partial charge on any atom is 0.407 e. The van der Waals surface area contributed by atoms with E-state index in [1.807, 2.05) is 24.3 Å². The van der Waals surface area contributed by atoms with Crippen molar-refractivity contribution >= 4 is 17.7 Å². The van der Waals surface area contributed by atoms with E-state index in [9.17, 15) is 9.90 Å². The Morgan fingerprint density at radius 1 is 1.57 bits per heavy atom. The third kappa shape index (κ3) is 4.33. The number of benzene rings is 1. The van der Waals surface area contributed by atoms with Crippen LogP contribution in [0.3, 0.4) is 0 Å². The average molecular weight is 313 g/mol. The summed E-state index contributed by atoms with van der Waals surface area (Å²) in [6.07, 6.45) is 0.740. The van der Waals surface area contributed by atoms with Crippen molar-refractivity contribution in [1.82, 2.24) is 4.90 Å². The fraction of sp³-hybridized carbons (Fsp3) is 0.533. The molecule has 116 valence electrons. The highest BCUT2D eigenvalue weighted by Crippen LogP contribution is 2.33. The number of nitrogens with zero attached hydrogens (tertiary/aromatic N) is 1. The molecule has 1 amide bonds. The molecular formula is C15H21ClN2O3. The van der Waals surface area contributed by atoms with Crippen molar-refractivity contribution in [3.05, 3.63) is 34.9 Å². The van der Waals surface area contributed by atoms with Gasteiger partial charge in [0.15, 0.2) is 0 Å². The molecule has 1 aliphatic heterocycles. The van der Waals surface area contributed by atoms with Crippen LogP contribution in [0.25, 0.3) is 0 Å². The molecule has 5 nitrogen and oxygen atoms in total. The topological polar surface area (TPSA) is 75.8 Å². The standard InChI is InChI=1S/C15H21ClN2O3/c16-13-5-1-3-11(9-13)14(21-8-6-17)12-4-2-7-18(10-12)15(19)20/h1,3,5,9,12,14H,2,4,6-8,10,17H2,(H,19,20). The fourth-order valence-corrected chi connectivity index (χ4v) is 3.01. The zero-order chi connectivity index (χ0) is 15.2. The number of carboxylic acid groups (broad SMARTS) is 1. The molecule has 2 rings (SSSR count). The van der Waals surface area contributed by atoms with Crippen LogP contribution in [0, 0.1) is 5.92 Å². The lowest BCUT2D eigenvalue weighted by molar-refractivity contribution is -0.00975. The van der Waals surface area contributed by atoms with E-state index in [1.54, 1.807) is 0 Å². The van der Waals surface area contributed by atoms with Gasteiger partial charge in [-0.2, -0.15) is 0 Å². The van der Waals surface area contributed by atoms with Crippen molar-refractivity contribution in [3.8, 4) is 0 Å². The number of nitrogens with two attached hydrogens (primary N) is 1. The third-order valence-electron chi connectivity index (χ3n) is 3.75. The van der Waals surface area contributed by atoms with Gasteiger partial charge in [-0.1, -0.05) is 23.7 Å². The molecule has 1 aromatic carbocycles. The summed E-state index contributed by atoms with van der Waals surface area (Å²) in [6, 6.07) is 7.54. The van der Waals surface area contributed by atoms with E-state index in [0.717, 1.165) is 18.4 Å². The molecule has 1 saturated heterocycles. The van der Waals surface area contributed by atoms with Crippen LogP contribution in [0.15, 0.2) is 24.3 Å². The van der Waals surface area contributed by atoms with Gasteiger partial charge >= 0.3 is 6.09 Å². The smallest absolute Gasteiger partial charge is 0.407 e. The van der Waals surface area contributed by atoms with Gasteiger partial charge in [0.25, 0.3) is 0 Å². The fourth-order valence-electron chi connectivity index (χ4n) is 2.81. The van der Waals surface area contributed by atoms with Gasteiger partial charge in [0.1, 0.15) is 0 Å². The maximum atomic E-state index is 11.2. The quantitative estimate of drug-likeness (QED) is 0.876. The summed E-state index contributed by atoms with van der Waals surface area (Å²) in [7, 11) is 0. The van der Waals surface area contributed by atoms with Crippen LogP contribution >= 0.6 is 11.6 Å². The van der Waals surface area contributed by atoms with E-state index in [0.29, 0.717) is 31.3 Å². The summed E-state index contributed by atoms with van der Waals surface area (Å²) in [5.41, 5.74) is 6.51. The molecule has 0 saturated carbocycles. The normalized spacial score (nSPS) is 20.3. The van der Waals surface area contributed by atoms with Crippen molar-refractivity contribution in [2.24, 2.45) is 11.7 Å². The highest BCUT2D eigenvalue weighted by Gasteiger charge is 2.31. The van der Waals surface area contributed by atoms with Crippen molar-refractivity contribution in [3.63, 3.8) is 0 Å². The Labute approximate surface area is 129 Å². The number of piperidine rings is 1. The van der Waals surface area contributed by atoms with Crippen molar-refractivity contribution in [1.29, 1.82) is 0 Å². The molecule has 2 atom stereocenters. The minimum absolute atomic E-state index is 0.125. The van der Waals surface area contributed by atoms with Crippen LogP contribution in [0.2, 0.25) is 5.02 Å². The molecule has 6 heteroatoms. The molecule has 1 fully saturated rings. The van der Waals surface area contributed by atoms with Gasteiger partial charge in [0, 0.05) is 30.6 Å². The molecule has 0 aromatic heterocycles. The lowest BCUT2D eigenvalue weighted by Crippen LogP contribution is -2.41. The Bertz CT molecular complexity index is 484. The molecule has 1 aliphatic rings. The lowest BCUT2D eigenvalue weighted by Gasteiger charge is -2.35. The Morgan fingerprint density at radius 3 is 3.05 bits per heavy atom. The summed E-state index contributed by atoms with van der Waals surface area (Å²) < 4.78 is 5.90. The second-order valence-electron chi connectivity index (χ2n) is 5.27. The van der Waals surface area contributed by atoms with Gasteiger partial charge in [-0.15, -0.1) is 0 Å². The van der Waals surface area contributed by atoms with Crippen molar-refractivity contribution in [2.45, 2.75) is 18.9 Å². The van der Waals surface area contributed by atoms with Crippen LogP contribution in [0.4, 0.5) is 4.79 Å². The highest BCUT2D eigenvalue weighted by atomic mass is 35.5. The molecule has 1 aromatic rings. The molecule has 3 N–H and O–H groups in total.